The average Bonchev–Trinajstić information content (AvgIpc) is 3.11. The van der Waals surface area contributed by atoms with E-state index in [0.717, 1.165) is 32.2 Å². The van der Waals surface area contributed by atoms with Gasteiger partial charge in [0.25, 0.3) is 0 Å². The fourth-order valence-corrected chi connectivity index (χ4v) is 2.19. The molecule has 1 saturated heterocycles. The SMILES string of the molecule is CNC1CCCN(CCC(=O)NC2CC2)C1=O. The molecule has 17 heavy (non-hydrogen) atoms. The summed E-state index contributed by atoms with van der Waals surface area (Å²) in [6, 6.07) is 0.347. The highest BCUT2D eigenvalue weighted by atomic mass is 16.2. The molecule has 0 aromatic carbocycles. The third-order valence-corrected chi connectivity index (χ3v) is 3.43. The summed E-state index contributed by atoms with van der Waals surface area (Å²) in [7, 11) is 1.81. The molecule has 5 nitrogen and oxygen atoms in total. The van der Waals surface area contributed by atoms with Crippen LogP contribution in [0.15, 0.2) is 0 Å². The highest BCUT2D eigenvalue weighted by Gasteiger charge is 2.28. The Bertz CT molecular complexity index is 302. The van der Waals surface area contributed by atoms with Crippen molar-refractivity contribution in [2.45, 2.75) is 44.2 Å². The topological polar surface area (TPSA) is 61.4 Å². The summed E-state index contributed by atoms with van der Waals surface area (Å²) in [5.74, 6) is 0.213. The van der Waals surface area contributed by atoms with Crippen molar-refractivity contribution in [3.05, 3.63) is 0 Å². The quantitative estimate of drug-likeness (QED) is 0.702. The van der Waals surface area contributed by atoms with Gasteiger partial charge in [-0.1, -0.05) is 0 Å². The summed E-state index contributed by atoms with van der Waals surface area (Å²) < 4.78 is 0. The first-order chi connectivity index (χ1) is 8.20. The standard InChI is InChI=1S/C12H21N3O2/c1-13-10-3-2-7-15(12(10)17)8-6-11(16)14-9-4-5-9/h9-10,13H,2-8H2,1H3,(H,14,16). The molecular weight excluding hydrogens is 218 g/mol. The van der Waals surface area contributed by atoms with Crippen molar-refractivity contribution in [2.75, 3.05) is 20.1 Å². The van der Waals surface area contributed by atoms with Crippen molar-refractivity contribution in [3.8, 4) is 0 Å². The fourth-order valence-electron chi connectivity index (χ4n) is 2.19. The van der Waals surface area contributed by atoms with Gasteiger partial charge in [0.2, 0.25) is 11.8 Å². The lowest BCUT2D eigenvalue weighted by Crippen LogP contribution is -2.50. The Morgan fingerprint density at radius 2 is 2.18 bits per heavy atom. The summed E-state index contributed by atoms with van der Waals surface area (Å²) in [4.78, 5) is 25.3. The Kier molecular flexibility index (Phi) is 3.99. The molecule has 1 unspecified atom stereocenters. The van der Waals surface area contributed by atoms with Gasteiger partial charge in [-0.2, -0.15) is 0 Å². The van der Waals surface area contributed by atoms with Crippen LogP contribution < -0.4 is 10.6 Å². The van der Waals surface area contributed by atoms with Crippen LogP contribution in [0.25, 0.3) is 0 Å². The third kappa shape index (κ3) is 3.43. The third-order valence-electron chi connectivity index (χ3n) is 3.43. The lowest BCUT2D eigenvalue weighted by molar-refractivity contribution is -0.136. The summed E-state index contributed by atoms with van der Waals surface area (Å²) in [5.41, 5.74) is 0. The smallest absolute Gasteiger partial charge is 0.239 e. The maximum absolute atomic E-state index is 11.9. The van der Waals surface area contributed by atoms with Crippen LogP contribution in [0.1, 0.15) is 32.1 Å². The highest BCUT2D eigenvalue weighted by Crippen LogP contribution is 2.18. The van der Waals surface area contributed by atoms with Crippen molar-refractivity contribution < 1.29 is 9.59 Å². The molecule has 1 heterocycles. The maximum Gasteiger partial charge on any atom is 0.239 e. The van der Waals surface area contributed by atoms with E-state index < -0.39 is 0 Å². The summed E-state index contributed by atoms with van der Waals surface area (Å²) in [6.07, 6.45) is 4.56. The molecule has 0 bridgehead atoms. The number of piperidine rings is 1. The largest absolute Gasteiger partial charge is 0.353 e. The monoisotopic (exact) mass is 239 g/mol. The molecule has 2 N–H and O–H groups in total. The van der Waals surface area contributed by atoms with Crippen molar-refractivity contribution in [1.29, 1.82) is 0 Å². The predicted molar refractivity (Wildman–Crippen MR) is 64.4 cm³/mol. The minimum absolute atomic E-state index is 0.0600. The molecule has 2 rings (SSSR count). The number of likely N-dealkylation sites (tertiary alicyclic amines) is 1. The number of nitrogens with one attached hydrogen (secondary N) is 2. The summed E-state index contributed by atoms with van der Waals surface area (Å²) in [5, 5.41) is 5.96. The maximum atomic E-state index is 11.9. The Balaban J connectivity index is 1.73. The number of nitrogens with zero attached hydrogens (tertiary/aromatic N) is 1. The Morgan fingerprint density at radius 3 is 2.82 bits per heavy atom. The molecule has 0 aromatic rings. The molecule has 1 atom stereocenters. The van der Waals surface area contributed by atoms with E-state index in [4.69, 9.17) is 0 Å². The van der Waals surface area contributed by atoms with E-state index in [0.29, 0.717) is 19.0 Å². The Labute approximate surface area is 102 Å². The fraction of sp³-hybridized carbons (Fsp3) is 0.833. The second-order valence-electron chi connectivity index (χ2n) is 4.90. The predicted octanol–water partition coefficient (Wildman–Crippen LogP) is -0.134. The molecular formula is C12H21N3O2. The molecule has 2 amide bonds. The van der Waals surface area contributed by atoms with Crippen molar-refractivity contribution in [3.63, 3.8) is 0 Å². The van der Waals surface area contributed by atoms with Gasteiger partial charge in [-0.15, -0.1) is 0 Å². The van der Waals surface area contributed by atoms with Crippen LogP contribution in [0.2, 0.25) is 0 Å². The van der Waals surface area contributed by atoms with Crippen molar-refractivity contribution in [2.24, 2.45) is 0 Å². The minimum atomic E-state index is -0.0600. The number of carbonyl (C=O) groups excluding carboxylic acids is 2. The number of hydrogen-bond acceptors (Lipinski definition) is 3. The van der Waals surface area contributed by atoms with Crippen molar-refractivity contribution in [1.82, 2.24) is 15.5 Å². The first kappa shape index (κ1) is 12.4. The molecule has 1 aliphatic heterocycles. The molecule has 1 saturated carbocycles. The lowest BCUT2D eigenvalue weighted by Gasteiger charge is -2.31. The Hall–Kier alpha value is -1.10. The lowest BCUT2D eigenvalue weighted by atomic mass is 10.0. The minimum Gasteiger partial charge on any atom is -0.353 e. The number of likely N-dealkylation sites (N-methyl/N-ethyl adjacent to an activating group) is 1. The highest BCUT2D eigenvalue weighted by molar-refractivity contribution is 5.83. The van der Waals surface area contributed by atoms with Gasteiger partial charge in [-0.25, -0.2) is 0 Å². The summed E-state index contributed by atoms with van der Waals surface area (Å²) in [6.45, 7) is 1.34. The zero-order chi connectivity index (χ0) is 12.3. The second kappa shape index (κ2) is 5.49. The molecule has 2 aliphatic rings. The van der Waals surface area contributed by atoms with Gasteiger partial charge in [-0.05, 0) is 32.7 Å². The normalized spacial score (nSPS) is 24.9. The average molecular weight is 239 g/mol. The first-order valence-electron chi connectivity index (χ1n) is 6.46. The van der Waals surface area contributed by atoms with Crippen LogP contribution in [-0.2, 0) is 9.59 Å². The molecule has 96 valence electrons. The number of hydrogen-bond donors (Lipinski definition) is 2. The second-order valence-corrected chi connectivity index (χ2v) is 4.90. The van der Waals surface area contributed by atoms with Gasteiger partial charge in [-0.3, -0.25) is 9.59 Å². The van der Waals surface area contributed by atoms with Gasteiger partial charge in [0.15, 0.2) is 0 Å². The van der Waals surface area contributed by atoms with Crippen LogP contribution >= 0.6 is 0 Å². The van der Waals surface area contributed by atoms with Gasteiger partial charge < -0.3 is 15.5 Å². The van der Waals surface area contributed by atoms with Crippen molar-refractivity contribution >= 4 is 11.8 Å². The van der Waals surface area contributed by atoms with Gasteiger partial charge >= 0.3 is 0 Å². The number of carbonyl (C=O) groups is 2. The molecule has 0 radical (unpaired) electrons. The van der Waals surface area contributed by atoms with E-state index in [2.05, 4.69) is 10.6 Å². The van der Waals surface area contributed by atoms with E-state index in [9.17, 15) is 9.59 Å². The van der Waals surface area contributed by atoms with E-state index in [1.165, 1.54) is 0 Å². The molecule has 5 heteroatoms. The van der Waals surface area contributed by atoms with E-state index >= 15 is 0 Å². The molecule has 2 fully saturated rings. The zero-order valence-corrected chi connectivity index (χ0v) is 10.4. The molecule has 0 spiro atoms. The number of amides is 2. The van der Waals surface area contributed by atoms with Crippen LogP contribution in [0.5, 0.6) is 0 Å². The van der Waals surface area contributed by atoms with Crippen LogP contribution in [0.3, 0.4) is 0 Å². The van der Waals surface area contributed by atoms with E-state index in [1.54, 1.807) is 4.90 Å². The van der Waals surface area contributed by atoms with Crippen LogP contribution in [-0.4, -0.2) is 48.9 Å². The number of rotatable bonds is 5. The van der Waals surface area contributed by atoms with Gasteiger partial charge in [0.1, 0.15) is 0 Å². The van der Waals surface area contributed by atoms with Crippen LogP contribution in [0, 0.1) is 0 Å². The Morgan fingerprint density at radius 1 is 1.41 bits per heavy atom. The van der Waals surface area contributed by atoms with Gasteiger partial charge in [0.05, 0.1) is 6.04 Å². The van der Waals surface area contributed by atoms with Gasteiger partial charge in [0, 0.05) is 25.6 Å². The van der Waals surface area contributed by atoms with E-state index in [-0.39, 0.29) is 17.9 Å². The molecule has 1 aliphatic carbocycles. The van der Waals surface area contributed by atoms with E-state index in [1.807, 2.05) is 7.05 Å². The molecule has 0 aromatic heterocycles. The first-order valence-corrected chi connectivity index (χ1v) is 6.46. The van der Waals surface area contributed by atoms with Crippen LogP contribution in [0.4, 0.5) is 0 Å². The zero-order valence-electron chi connectivity index (χ0n) is 10.4. The summed E-state index contributed by atoms with van der Waals surface area (Å²) >= 11 is 0.